The Morgan fingerprint density at radius 2 is 2.16 bits per heavy atom. The van der Waals surface area contributed by atoms with Crippen LogP contribution in [0.1, 0.15) is 24.4 Å². The summed E-state index contributed by atoms with van der Waals surface area (Å²) in [5, 5.41) is 6.29. The molecular weight excluding hydrogens is 306 g/mol. The zero-order valence-electron chi connectivity index (χ0n) is 10.8. The number of amides is 1. The molecule has 0 aliphatic carbocycles. The van der Waals surface area contributed by atoms with Crippen molar-refractivity contribution >= 4 is 27.5 Å². The lowest BCUT2D eigenvalue weighted by molar-refractivity contribution is -0.117. The molecule has 2 N–H and O–H groups in total. The van der Waals surface area contributed by atoms with Crippen LogP contribution in [0.2, 0.25) is 0 Å². The average Bonchev–Trinajstić information content (AvgIpc) is 2.99. The Labute approximate surface area is 121 Å². The third kappa shape index (κ3) is 2.68. The first-order chi connectivity index (χ1) is 9.25. The highest BCUT2D eigenvalue weighted by Gasteiger charge is 2.31. The highest BCUT2D eigenvalue weighted by Crippen LogP contribution is 2.36. The minimum absolute atomic E-state index is 0.0447. The number of nitrogens with zero attached hydrogens (tertiary/aromatic N) is 1. The van der Waals surface area contributed by atoms with Gasteiger partial charge in [0, 0.05) is 28.8 Å². The lowest BCUT2D eigenvalue weighted by Crippen LogP contribution is -2.34. The molecule has 1 atom stereocenters. The summed E-state index contributed by atoms with van der Waals surface area (Å²) in [6, 6.07) is 5.64. The number of carbonyl (C=O) groups excluding carboxylic acids is 1. The van der Waals surface area contributed by atoms with E-state index >= 15 is 0 Å². The van der Waals surface area contributed by atoms with Gasteiger partial charge in [-0.05, 0) is 38.1 Å². The van der Waals surface area contributed by atoms with Crippen molar-refractivity contribution in [3.05, 3.63) is 28.2 Å². The van der Waals surface area contributed by atoms with Crippen LogP contribution >= 0.6 is 15.9 Å². The number of hydrogen-bond acceptors (Lipinski definition) is 3. The summed E-state index contributed by atoms with van der Waals surface area (Å²) < 4.78 is 0.988. The van der Waals surface area contributed by atoms with Crippen molar-refractivity contribution in [3.8, 4) is 0 Å². The Morgan fingerprint density at radius 1 is 1.37 bits per heavy atom. The standard InChI is InChI=1S/C14H18BrN3O/c15-10-4-3-5-11-12(10)13(14(19)17-11)16-6-9-18-7-1-2-8-18/h3-5,13,16H,1-2,6-9H2,(H,17,19). The molecule has 0 saturated carbocycles. The molecule has 2 aliphatic rings. The van der Waals surface area contributed by atoms with Gasteiger partial charge in [-0.15, -0.1) is 0 Å². The Bertz CT molecular complexity index is 486. The number of nitrogens with one attached hydrogen (secondary N) is 2. The highest BCUT2D eigenvalue weighted by atomic mass is 79.9. The maximum atomic E-state index is 12.0. The topological polar surface area (TPSA) is 44.4 Å². The smallest absolute Gasteiger partial charge is 0.246 e. The molecule has 5 heteroatoms. The lowest BCUT2D eigenvalue weighted by Gasteiger charge is -2.17. The maximum absolute atomic E-state index is 12.0. The zero-order chi connectivity index (χ0) is 13.2. The second-order valence-electron chi connectivity index (χ2n) is 5.13. The molecule has 2 aliphatic heterocycles. The van der Waals surface area contributed by atoms with Gasteiger partial charge in [0.1, 0.15) is 6.04 Å². The summed E-state index contributed by atoms with van der Waals surface area (Å²) in [7, 11) is 0. The van der Waals surface area contributed by atoms with Crippen molar-refractivity contribution in [3.63, 3.8) is 0 Å². The van der Waals surface area contributed by atoms with Gasteiger partial charge in [-0.1, -0.05) is 22.0 Å². The first kappa shape index (κ1) is 13.1. The number of carbonyl (C=O) groups is 1. The third-order valence-corrected chi connectivity index (χ3v) is 4.53. The summed E-state index contributed by atoms with van der Waals surface area (Å²) in [5.41, 5.74) is 1.95. The van der Waals surface area contributed by atoms with E-state index in [1.165, 1.54) is 25.9 Å². The summed E-state index contributed by atoms with van der Waals surface area (Å²) in [6.07, 6.45) is 2.61. The molecule has 4 nitrogen and oxygen atoms in total. The highest BCUT2D eigenvalue weighted by molar-refractivity contribution is 9.10. The van der Waals surface area contributed by atoms with E-state index in [9.17, 15) is 4.79 Å². The summed E-state index contributed by atoms with van der Waals surface area (Å²) in [6.45, 7) is 4.25. The summed E-state index contributed by atoms with van der Waals surface area (Å²) in [5.74, 6) is 0.0447. The van der Waals surface area contributed by atoms with E-state index in [1.54, 1.807) is 0 Å². The van der Waals surface area contributed by atoms with Gasteiger partial charge in [-0.2, -0.15) is 0 Å². The zero-order valence-corrected chi connectivity index (χ0v) is 12.4. The molecule has 3 rings (SSSR count). The Hall–Kier alpha value is -0.910. The van der Waals surface area contributed by atoms with Gasteiger partial charge in [0.15, 0.2) is 0 Å². The minimum Gasteiger partial charge on any atom is -0.324 e. The lowest BCUT2D eigenvalue weighted by atomic mass is 10.1. The quantitative estimate of drug-likeness (QED) is 0.892. The molecule has 1 aromatic carbocycles. The molecule has 1 saturated heterocycles. The van der Waals surface area contributed by atoms with E-state index in [1.807, 2.05) is 18.2 Å². The van der Waals surface area contributed by atoms with Crippen LogP contribution in [0, 0.1) is 0 Å². The van der Waals surface area contributed by atoms with Crippen molar-refractivity contribution in [2.75, 3.05) is 31.5 Å². The number of hydrogen-bond donors (Lipinski definition) is 2. The molecule has 1 fully saturated rings. The van der Waals surface area contributed by atoms with E-state index in [-0.39, 0.29) is 11.9 Å². The number of benzene rings is 1. The molecule has 19 heavy (non-hydrogen) atoms. The van der Waals surface area contributed by atoms with Gasteiger partial charge in [0.2, 0.25) is 5.91 Å². The molecule has 0 aromatic heterocycles. The number of halogens is 1. The van der Waals surface area contributed by atoms with Gasteiger partial charge >= 0.3 is 0 Å². The van der Waals surface area contributed by atoms with Crippen molar-refractivity contribution in [1.29, 1.82) is 0 Å². The molecule has 1 unspecified atom stereocenters. The van der Waals surface area contributed by atoms with Gasteiger partial charge in [0.05, 0.1) is 0 Å². The normalized spacial score (nSPS) is 22.6. The number of likely N-dealkylation sites (tertiary alicyclic amines) is 1. The van der Waals surface area contributed by atoms with Crippen LogP contribution in [0.25, 0.3) is 0 Å². The second kappa shape index (κ2) is 5.61. The largest absolute Gasteiger partial charge is 0.324 e. The van der Waals surface area contributed by atoms with Crippen LogP contribution in [-0.4, -0.2) is 37.0 Å². The minimum atomic E-state index is -0.229. The Balaban J connectivity index is 1.63. The van der Waals surface area contributed by atoms with E-state index in [0.29, 0.717) is 0 Å². The van der Waals surface area contributed by atoms with Crippen molar-refractivity contribution in [2.24, 2.45) is 0 Å². The van der Waals surface area contributed by atoms with E-state index in [0.717, 1.165) is 28.8 Å². The fourth-order valence-corrected chi connectivity index (χ4v) is 3.44. The van der Waals surface area contributed by atoms with Gasteiger partial charge < -0.3 is 15.5 Å². The Kier molecular flexibility index (Phi) is 3.86. The van der Waals surface area contributed by atoms with Crippen LogP contribution in [-0.2, 0) is 4.79 Å². The summed E-state index contributed by atoms with van der Waals surface area (Å²) in [4.78, 5) is 14.4. The monoisotopic (exact) mass is 323 g/mol. The van der Waals surface area contributed by atoms with Gasteiger partial charge in [0.25, 0.3) is 0 Å². The van der Waals surface area contributed by atoms with Crippen LogP contribution in [0.3, 0.4) is 0 Å². The Morgan fingerprint density at radius 3 is 2.95 bits per heavy atom. The van der Waals surface area contributed by atoms with Gasteiger partial charge in [-0.25, -0.2) is 0 Å². The maximum Gasteiger partial charge on any atom is 0.246 e. The molecule has 1 amide bonds. The van der Waals surface area contributed by atoms with Crippen LogP contribution in [0.5, 0.6) is 0 Å². The van der Waals surface area contributed by atoms with Crippen molar-refractivity contribution in [2.45, 2.75) is 18.9 Å². The number of fused-ring (bicyclic) bond motifs is 1. The fourth-order valence-electron chi connectivity index (χ4n) is 2.84. The fraction of sp³-hybridized carbons (Fsp3) is 0.500. The first-order valence-corrected chi connectivity index (χ1v) is 7.60. The van der Waals surface area contributed by atoms with Crippen LogP contribution < -0.4 is 10.6 Å². The SMILES string of the molecule is O=C1Nc2cccc(Br)c2C1NCCN1CCCC1. The second-order valence-corrected chi connectivity index (χ2v) is 5.98. The van der Waals surface area contributed by atoms with E-state index in [2.05, 4.69) is 31.5 Å². The average molecular weight is 324 g/mol. The predicted octanol–water partition coefficient (Wildman–Crippen LogP) is 2.13. The molecule has 0 radical (unpaired) electrons. The van der Waals surface area contributed by atoms with E-state index in [4.69, 9.17) is 0 Å². The molecule has 0 spiro atoms. The summed E-state index contributed by atoms with van der Waals surface area (Å²) >= 11 is 3.53. The van der Waals surface area contributed by atoms with Crippen LogP contribution in [0.4, 0.5) is 5.69 Å². The van der Waals surface area contributed by atoms with Crippen LogP contribution in [0.15, 0.2) is 22.7 Å². The molecular formula is C14H18BrN3O. The number of rotatable bonds is 4. The first-order valence-electron chi connectivity index (χ1n) is 6.81. The number of anilines is 1. The van der Waals surface area contributed by atoms with Crippen molar-refractivity contribution in [1.82, 2.24) is 10.2 Å². The molecule has 2 heterocycles. The van der Waals surface area contributed by atoms with Gasteiger partial charge in [-0.3, -0.25) is 4.79 Å². The third-order valence-electron chi connectivity index (χ3n) is 3.84. The van der Waals surface area contributed by atoms with E-state index < -0.39 is 0 Å². The molecule has 1 aromatic rings. The molecule has 102 valence electrons. The molecule has 0 bridgehead atoms. The predicted molar refractivity (Wildman–Crippen MR) is 79.2 cm³/mol. The van der Waals surface area contributed by atoms with Crippen molar-refractivity contribution < 1.29 is 4.79 Å².